The van der Waals surface area contributed by atoms with Crippen LogP contribution >= 0.6 is 11.6 Å². The van der Waals surface area contributed by atoms with E-state index in [0.29, 0.717) is 5.82 Å². The second-order valence-corrected chi connectivity index (χ2v) is 4.69. The van der Waals surface area contributed by atoms with Crippen LogP contribution in [-0.2, 0) is 0 Å². The first-order chi connectivity index (χ1) is 7.43. The van der Waals surface area contributed by atoms with Crippen molar-refractivity contribution in [3.63, 3.8) is 0 Å². The molecular weight excluding hydrogens is 230 g/mol. The van der Waals surface area contributed by atoms with Gasteiger partial charge in [0.05, 0.1) is 4.92 Å². The molecule has 2 atom stereocenters. The van der Waals surface area contributed by atoms with Gasteiger partial charge in [0.15, 0.2) is 0 Å². The van der Waals surface area contributed by atoms with Gasteiger partial charge in [0.25, 0.3) is 0 Å². The Kier molecular flexibility index (Phi) is 4.18. The van der Waals surface area contributed by atoms with E-state index in [4.69, 9.17) is 11.6 Å². The SMILES string of the molecule is CC(C)C(c1ncc([N+](=O)[O-])cn1)C(C)Cl. The normalized spacial score (nSPS) is 14.8. The Morgan fingerprint density at radius 1 is 1.31 bits per heavy atom. The van der Waals surface area contributed by atoms with Crippen LogP contribution in [0.4, 0.5) is 5.69 Å². The van der Waals surface area contributed by atoms with Crippen molar-refractivity contribution in [2.75, 3.05) is 0 Å². The minimum absolute atomic E-state index is 0.00229. The summed E-state index contributed by atoms with van der Waals surface area (Å²) in [5.41, 5.74) is -0.103. The Morgan fingerprint density at radius 2 is 1.81 bits per heavy atom. The average Bonchev–Trinajstić information content (AvgIpc) is 2.17. The molecule has 0 spiro atoms. The van der Waals surface area contributed by atoms with E-state index < -0.39 is 4.92 Å². The van der Waals surface area contributed by atoms with Crippen LogP contribution in [0.5, 0.6) is 0 Å². The summed E-state index contributed by atoms with van der Waals surface area (Å²) in [5.74, 6) is 0.847. The van der Waals surface area contributed by atoms with E-state index in [-0.39, 0.29) is 22.9 Å². The fourth-order valence-electron chi connectivity index (χ4n) is 1.63. The molecule has 0 saturated heterocycles. The van der Waals surface area contributed by atoms with Gasteiger partial charge in [-0.2, -0.15) is 0 Å². The summed E-state index contributed by atoms with van der Waals surface area (Å²) in [5, 5.41) is 10.3. The molecule has 2 unspecified atom stereocenters. The second kappa shape index (κ2) is 5.21. The minimum Gasteiger partial charge on any atom is -0.258 e. The zero-order valence-electron chi connectivity index (χ0n) is 9.42. The van der Waals surface area contributed by atoms with Crippen LogP contribution in [0, 0.1) is 16.0 Å². The van der Waals surface area contributed by atoms with Crippen molar-refractivity contribution in [1.29, 1.82) is 0 Å². The number of nitro groups is 1. The lowest BCUT2D eigenvalue weighted by Gasteiger charge is -2.21. The smallest absolute Gasteiger partial charge is 0.258 e. The Balaban J connectivity index is 2.99. The molecule has 0 radical (unpaired) electrons. The first kappa shape index (κ1) is 12.8. The molecule has 6 heteroatoms. The Bertz CT molecular complexity index is 357. The van der Waals surface area contributed by atoms with Gasteiger partial charge in [-0.25, -0.2) is 9.97 Å². The number of hydrogen-bond donors (Lipinski definition) is 0. The fraction of sp³-hybridized carbons (Fsp3) is 0.600. The van der Waals surface area contributed by atoms with Crippen molar-refractivity contribution in [3.05, 3.63) is 28.3 Å². The summed E-state index contributed by atoms with van der Waals surface area (Å²) < 4.78 is 0. The first-order valence-corrected chi connectivity index (χ1v) is 5.47. The van der Waals surface area contributed by atoms with Crippen molar-refractivity contribution >= 4 is 17.3 Å². The third-order valence-electron chi connectivity index (χ3n) is 2.38. The van der Waals surface area contributed by atoms with Gasteiger partial charge in [-0.05, 0) is 12.8 Å². The van der Waals surface area contributed by atoms with Gasteiger partial charge in [-0.3, -0.25) is 10.1 Å². The van der Waals surface area contributed by atoms with Gasteiger partial charge in [0.2, 0.25) is 0 Å². The van der Waals surface area contributed by atoms with Gasteiger partial charge in [-0.1, -0.05) is 13.8 Å². The summed E-state index contributed by atoms with van der Waals surface area (Å²) in [6, 6.07) is 0. The molecule has 16 heavy (non-hydrogen) atoms. The zero-order valence-corrected chi connectivity index (χ0v) is 10.2. The highest BCUT2D eigenvalue weighted by molar-refractivity contribution is 6.20. The van der Waals surface area contributed by atoms with Crippen molar-refractivity contribution in [1.82, 2.24) is 9.97 Å². The zero-order chi connectivity index (χ0) is 12.3. The van der Waals surface area contributed by atoms with Crippen LogP contribution in [-0.4, -0.2) is 20.3 Å². The average molecular weight is 244 g/mol. The maximum Gasteiger partial charge on any atom is 0.305 e. The highest BCUT2D eigenvalue weighted by atomic mass is 35.5. The molecule has 0 aromatic carbocycles. The number of nitrogens with zero attached hydrogens (tertiary/aromatic N) is 3. The van der Waals surface area contributed by atoms with Gasteiger partial charge < -0.3 is 0 Å². The molecule has 88 valence electrons. The Labute approximate surface area is 99.0 Å². The molecule has 0 saturated carbocycles. The first-order valence-electron chi connectivity index (χ1n) is 5.04. The monoisotopic (exact) mass is 243 g/mol. The van der Waals surface area contributed by atoms with Gasteiger partial charge in [0.1, 0.15) is 18.2 Å². The molecule has 1 aromatic heterocycles. The van der Waals surface area contributed by atoms with E-state index in [9.17, 15) is 10.1 Å². The second-order valence-electron chi connectivity index (χ2n) is 4.00. The minimum atomic E-state index is -0.516. The van der Waals surface area contributed by atoms with Crippen LogP contribution in [0.15, 0.2) is 12.4 Å². The van der Waals surface area contributed by atoms with Gasteiger partial charge in [-0.15, -0.1) is 11.6 Å². The lowest BCUT2D eigenvalue weighted by Crippen LogP contribution is -2.18. The molecule has 0 fully saturated rings. The molecule has 0 aliphatic heterocycles. The molecule has 5 nitrogen and oxygen atoms in total. The van der Waals surface area contributed by atoms with Crippen LogP contribution in [0.1, 0.15) is 32.5 Å². The van der Waals surface area contributed by atoms with Crippen molar-refractivity contribution < 1.29 is 4.92 Å². The van der Waals surface area contributed by atoms with E-state index in [1.54, 1.807) is 0 Å². The summed E-state index contributed by atoms with van der Waals surface area (Å²) in [6.07, 6.45) is 2.44. The molecular formula is C10H14ClN3O2. The summed E-state index contributed by atoms with van der Waals surface area (Å²) >= 11 is 6.06. The topological polar surface area (TPSA) is 68.9 Å². The van der Waals surface area contributed by atoms with Crippen molar-refractivity contribution in [2.45, 2.75) is 32.1 Å². The van der Waals surface area contributed by atoms with Crippen LogP contribution < -0.4 is 0 Å². The highest BCUT2D eigenvalue weighted by Gasteiger charge is 2.24. The molecule has 0 aliphatic rings. The lowest BCUT2D eigenvalue weighted by atomic mass is 9.92. The largest absolute Gasteiger partial charge is 0.305 e. The van der Waals surface area contributed by atoms with Crippen molar-refractivity contribution in [3.8, 4) is 0 Å². The molecule has 1 rings (SSSR count). The Morgan fingerprint density at radius 3 is 2.12 bits per heavy atom. The molecule has 1 aromatic rings. The van der Waals surface area contributed by atoms with Crippen LogP contribution in [0.3, 0.4) is 0 Å². The van der Waals surface area contributed by atoms with Crippen LogP contribution in [0.25, 0.3) is 0 Å². The standard InChI is InChI=1S/C10H14ClN3O2/c1-6(2)9(7(3)11)10-12-4-8(5-13-10)14(15)16/h4-7,9H,1-3H3. The van der Waals surface area contributed by atoms with E-state index in [0.717, 1.165) is 0 Å². The maximum absolute atomic E-state index is 10.4. The number of alkyl halides is 1. The highest BCUT2D eigenvalue weighted by Crippen LogP contribution is 2.28. The number of rotatable bonds is 4. The van der Waals surface area contributed by atoms with E-state index >= 15 is 0 Å². The molecule has 0 N–H and O–H groups in total. The number of halogens is 1. The van der Waals surface area contributed by atoms with E-state index in [2.05, 4.69) is 9.97 Å². The predicted octanol–water partition coefficient (Wildman–Crippen LogP) is 2.75. The van der Waals surface area contributed by atoms with E-state index in [1.807, 2.05) is 20.8 Å². The van der Waals surface area contributed by atoms with Gasteiger partial charge >= 0.3 is 5.69 Å². The summed E-state index contributed by atoms with van der Waals surface area (Å²) in [4.78, 5) is 17.9. The van der Waals surface area contributed by atoms with Crippen molar-refractivity contribution in [2.24, 2.45) is 5.92 Å². The predicted molar refractivity (Wildman–Crippen MR) is 61.6 cm³/mol. The maximum atomic E-state index is 10.4. The molecule has 1 heterocycles. The summed E-state index contributed by atoms with van der Waals surface area (Å²) in [7, 11) is 0. The molecule has 0 amide bonds. The number of aromatic nitrogens is 2. The summed E-state index contributed by atoms with van der Waals surface area (Å²) in [6.45, 7) is 5.92. The third kappa shape index (κ3) is 2.88. The van der Waals surface area contributed by atoms with Crippen LogP contribution in [0.2, 0.25) is 0 Å². The molecule has 0 bridgehead atoms. The Hall–Kier alpha value is -1.23. The van der Waals surface area contributed by atoms with E-state index in [1.165, 1.54) is 12.4 Å². The fourth-order valence-corrected chi connectivity index (χ4v) is 2.04. The lowest BCUT2D eigenvalue weighted by molar-refractivity contribution is -0.385. The van der Waals surface area contributed by atoms with Gasteiger partial charge in [0, 0.05) is 11.3 Å². The molecule has 0 aliphatic carbocycles. The quantitative estimate of drug-likeness (QED) is 0.463. The third-order valence-corrected chi connectivity index (χ3v) is 2.65. The number of hydrogen-bond acceptors (Lipinski definition) is 4.